The summed E-state index contributed by atoms with van der Waals surface area (Å²) >= 11 is 1.90. The topological polar surface area (TPSA) is 94.6 Å². The van der Waals surface area contributed by atoms with Crippen LogP contribution in [-0.2, 0) is 19.2 Å². The third kappa shape index (κ3) is 2.46. The number of aryl methyl sites for hydroxylation is 2. The fourth-order valence-corrected chi connectivity index (χ4v) is 3.62. The summed E-state index contributed by atoms with van der Waals surface area (Å²) in [5, 5.41) is 11.6. The van der Waals surface area contributed by atoms with Crippen molar-refractivity contribution < 1.29 is 4.52 Å². The molecule has 118 valence electrons. The molecule has 8 nitrogen and oxygen atoms in total. The lowest BCUT2D eigenvalue weighted by molar-refractivity contribution is 0.428. The zero-order valence-corrected chi connectivity index (χ0v) is 13.6. The van der Waals surface area contributed by atoms with Gasteiger partial charge < -0.3 is 9.84 Å². The number of hydrogen-bond donors (Lipinski definition) is 1. The Balaban J connectivity index is 1.75. The van der Waals surface area contributed by atoms with Gasteiger partial charge in [-0.3, -0.25) is 4.68 Å². The molecule has 3 aromatic heterocycles. The lowest BCUT2D eigenvalue weighted by Crippen LogP contribution is -2.01. The first-order chi connectivity index (χ1) is 11.3. The van der Waals surface area contributed by atoms with Crippen molar-refractivity contribution in [3.8, 4) is 23.1 Å². The van der Waals surface area contributed by atoms with Crippen LogP contribution in [0.5, 0.6) is 0 Å². The van der Waals surface area contributed by atoms with E-state index >= 15 is 0 Å². The summed E-state index contributed by atoms with van der Waals surface area (Å²) in [5.41, 5.74) is 3.83. The number of anilines is 1. The van der Waals surface area contributed by atoms with Gasteiger partial charge in [0.15, 0.2) is 0 Å². The molecule has 1 aliphatic heterocycles. The number of hydrogen-bond acceptors (Lipinski definition) is 8. The van der Waals surface area contributed by atoms with Crippen LogP contribution >= 0.6 is 11.8 Å². The Hall–Kier alpha value is -2.42. The molecule has 1 aliphatic rings. The molecule has 0 unspecified atom stereocenters. The molecule has 0 bridgehead atoms. The molecule has 9 heteroatoms. The zero-order chi connectivity index (χ0) is 15.8. The van der Waals surface area contributed by atoms with E-state index in [-0.39, 0.29) is 0 Å². The smallest absolute Gasteiger partial charge is 0.276 e. The van der Waals surface area contributed by atoms with E-state index < -0.39 is 0 Å². The largest absolute Gasteiger partial charge is 0.373 e. The van der Waals surface area contributed by atoms with E-state index in [0.29, 0.717) is 23.2 Å². The summed E-state index contributed by atoms with van der Waals surface area (Å²) in [4.78, 5) is 12.8. The second-order valence-electron chi connectivity index (χ2n) is 5.16. The number of aromatic nitrogens is 6. The summed E-state index contributed by atoms with van der Waals surface area (Å²) in [6, 6.07) is 1.78. The predicted octanol–water partition coefficient (Wildman–Crippen LogP) is 1.76. The van der Waals surface area contributed by atoms with Crippen LogP contribution in [0.2, 0.25) is 0 Å². The van der Waals surface area contributed by atoms with Gasteiger partial charge in [-0.15, -0.1) is 0 Å². The summed E-state index contributed by atoms with van der Waals surface area (Å²) in [7, 11) is 3.71. The maximum absolute atomic E-state index is 5.47. The Morgan fingerprint density at radius 2 is 2.26 bits per heavy atom. The van der Waals surface area contributed by atoms with Gasteiger partial charge in [-0.1, -0.05) is 5.16 Å². The predicted molar refractivity (Wildman–Crippen MR) is 86.9 cm³/mol. The molecule has 0 fully saturated rings. The fourth-order valence-electron chi connectivity index (χ4n) is 2.63. The molecule has 0 spiro atoms. The number of thioether (sulfide) groups is 1. The van der Waals surface area contributed by atoms with E-state index in [4.69, 9.17) is 4.52 Å². The first-order valence-electron chi connectivity index (χ1n) is 7.23. The molecule has 0 saturated carbocycles. The van der Waals surface area contributed by atoms with Crippen LogP contribution in [0.15, 0.2) is 16.9 Å². The number of fused-ring (bicyclic) bond motifs is 1. The van der Waals surface area contributed by atoms with Gasteiger partial charge in [0.05, 0.1) is 5.69 Å². The average molecular weight is 329 g/mol. The molecule has 0 radical (unpaired) electrons. The summed E-state index contributed by atoms with van der Waals surface area (Å²) < 4.78 is 7.30. The van der Waals surface area contributed by atoms with Crippen molar-refractivity contribution in [2.45, 2.75) is 12.2 Å². The number of nitrogens with zero attached hydrogens (tertiary/aromatic N) is 6. The van der Waals surface area contributed by atoms with Crippen LogP contribution in [0.4, 0.5) is 5.82 Å². The van der Waals surface area contributed by atoms with Crippen molar-refractivity contribution in [1.29, 1.82) is 0 Å². The van der Waals surface area contributed by atoms with Crippen molar-refractivity contribution in [2.24, 2.45) is 7.05 Å². The van der Waals surface area contributed by atoms with Crippen molar-refractivity contribution in [3.05, 3.63) is 23.7 Å². The van der Waals surface area contributed by atoms with Gasteiger partial charge in [-0.25, -0.2) is 9.97 Å². The molecule has 4 rings (SSSR count). The maximum Gasteiger partial charge on any atom is 0.276 e. The van der Waals surface area contributed by atoms with Gasteiger partial charge >= 0.3 is 0 Å². The Morgan fingerprint density at radius 3 is 3.13 bits per heavy atom. The van der Waals surface area contributed by atoms with E-state index in [1.54, 1.807) is 13.1 Å². The Morgan fingerprint density at radius 1 is 1.35 bits per heavy atom. The highest BCUT2D eigenvalue weighted by atomic mass is 32.2. The third-order valence-electron chi connectivity index (χ3n) is 3.74. The molecule has 4 heterocycles. The standard InChI is InChI=1S/C14H15N7OS/c1-15-11-5-10(16-7-17-11)13-18-14(22-20-13)12-8-6-23-4-3-9(8)19-21(12)2/h5,7H,3-4,6H2,1-2H3,(H,15,16,17). The van der Waals surface area contributed by atoms with Crippen LogP contribution < -0.4 is 5.32 Å². The van der Waals surface area contributed by atoms with Gasteiger partial charge in [-0.2, -0.15) is 21.8 Å². The van der Waals surface area contributed by atoms with Crippen molar-refractivity contribution >= 4 is 17.6 Å². The zero-order valence-electron chi connectivity index (χ0n) is 12.8. The van der Waals surface area contributed by atoms with E-state index in [2.05, 4.69) is 30.5 Å². The minimum atomic E-state index is 0.442. The second-order valence-corrected chi connectivity index (χ2v) is 6.27. The molecular formula is C14H15N7OS. The van der Waals surface area contributed by atoms with E-state index in [1.807, 2.05) is 23.5 Å². The maximum atomic E-state index is 5.47. The highest BCUT2D eigenvalue weighted by Crippen LogP contribution is 2.33. The highest BCUT2D eigenvalue weighted by Gasteiger charge is 2.25. The molecule has 0 aliphatic carbocycles. The van der Waals surface area contributed by atoms with Crippen molar-refractivity contribution in [3.63, 3.8) is 0 Å². The monoisotopic (exact) mass is 329 g/mol. The van der Waals surface area contributed by atoms with Gasteiger partial charge in [-0.05, 0) is 5.75 Å². The van der Waals surface area contributed by atoms with Crippen molar-refractivity contribution in [1.82, 2.24) is 29.9 Å². The normalized spacial score (nSPS) is 13.8. The number of nitrogens with one attached hydrogen (secondary N) is 1. The highest BCUT2D eigenvalue weighted by molar-refractivity contribution is 7.98. The molecule has 0 atom stereocenters. The fraction of sp³-hybridized carbons (Fsp3) is 0.357. The Labute approximate surface area is 136 Å². The molecule has 1 N–H and O–H groups in total. The van der Waals surface area contributed by atoms with Gasteiger partial charge in [0.1, 0.15) is 23.5 Å². The Kier molecular flexibility index (Phi) is 3.49. The summed E-state index contributed by atoms with van der Waals surface area (Å²) in [5.74, 6) is 3.65. The summed E-state index contributed by atoms with van der Waals surface area (Å²) in [6.07, 6.45) is 2.45. The molecule has 0 amide bonds. The molecule has 0 aromatic carbocycles. The lowest BCUT2D eigenvalue weighted by atomic mass is 10.1. The SMILES string of the molecule is CNc1cc(-c2noc(-c3c4c(nn3C)CCSC4)n2)ncn1. The second kappa shape index (κ2) is 5.65. The summed E-state index contributed by atoms with van der Waals surface area (Å²) in [6.45, 7) is 0. The van der Waals surface area contributed by atoms with Crippen LogP contribution in [0.1, 0.15) is 11.3 Å². The van der Waals surface area contributed by atoms with Crippen LogP contribution in [0.3, 0.4) is 0 Å². The number of rotatable bonds is 3. The van der Waals surface area contributed by atoms with E-state index in [0.717, 1.165) is 29.3 Å². The van der Waals surface area contributed by atoms with Crippen LogP contribution in [0.25, 0.3) is 23.1 Å². The molecular weight excluding hydrogens is 314 g/mol. The molecule has 3 aromatic rings. The lowest BCUT2D eigenvalue weighted by Gasteiger charge is -2.09. The minimum absolute atomic E-state index is 0.442. The van der Waals surface area contributed by atoms with E-state index in [9.17, 15) is 0 Å². The first-order valence-corrected chi connectivity index (χ1v) is 8.38. The average Bonchev–Trinajstić information content (AvgIpc) is 3.18. The van der Waals surface area contributed by atoms with Gasteiger partial charge in [0.2, 0.25) is 5.82 Å². The quantitative estimate of drug-likeness (QED) is 0.777. The van der Waals surface area contributed by atoms with Gasteiger partial charge in [0.25, 0.3) is 5.89 Å². The third-order valence-corrected chi connectivity index (χ3v) is 4.72. The minimum Gasteiger partial charge on any atom is -0.373 e. The molecule has 0 saturated heterocycles. The first kappa shape index (κ1) is 14.2. The molecule has 23 heavy (non-hydrogen) atoms. The van der Waals surface area contributed by atoms with Crippen LogP contribution in [-0.4, -0.2) is 42.7 Å². The van der Waals surface area contributed by atoms with Crippen molar-refractivity contribution in [2.75, 3.05) is 18.1 Å². The Bertz CT molecular complexity index is 857. The van der Waals surface area contributed by atoms with Gasteiger partial charge in [0, 0.05) is 37.9 Å². The van der Waals surface area contributed by atoms with E-state index in [1.165, 1.54) is 11.9 Å². The van der Waals surface area contributed by atoms with Crippen LogP contribution in [0, 0.1) is 0 Å².